The lowest BCUT2D eigenvalue weighted by molar-refractivity contribution is 0.117. The van der Waals surface area contributed by atoms with E-state index in [0.29, 0.717) is 12.1 Å². The van der Waals surface area contributed by atoms with Crippen LogP contribution >= 0.6 is 0 Å². The van der Waals surface area contributed by atoms with Gasteiger partial charge in [-0.05, 0) is 25.0 Å². The van der Waals surface area contributed by atoms with Crippen LogP contribution in [0.3, 0.4) is 0 Å². The average Bonchev–Trinajstić information content (AvgIpc) is 2.96. The van der Waals surface area contributed by atoms with Gasteiger partial charge in [0, 0.05) is 43.3 Å². The van der Waals surface area contributed by atoms with E-state index in [9.17, 15) is 0 Å². The Morgan fingerprint density at radius 3 is 2.62 bits per heavy atom. The molecular weight excluding hydrogens is 260 g/mol. The first kappa shape index (κ1) is 13.0. The Morgan fingerprint density at radius 1 is 1.10 bits per heavy atom. The van der Waals surface area contributed by atoms with Crippen molar-refractivity contribution in [3.8, 4) is 5.69 Å². The zero-order chi connectivity index (χ0) is 14.1. The van der Waals surface area contributed by atoms with Crippen LogP contribution in [0.25, 0.3) is 5.69 Å². The van der Waals surface area contributed by atoms with Crippen LogP contribution < -0.4 is 5.32 Å². The molecule has 110 valence electrons. The van der Waals surface area contributed by atoms with Gasteiger partial charge in [-0.2, -0.15) is 0 Å². The number of hydrogen-bond donors (Lipinski definition) is 1. The summed E-state index contributed by atoms with van der Waals surface area (Å²) in [7, 11) is 0. The molecule has 0 radical (unpaired) electrons. The zero-order valence-electron chi connectivity index (χ0n) is 12.3. The van der Waals surface area contributed by atoms with E-state index in [2.05, 4.69) is 56.3 Å². The van der Waals surface area contributed by atoms with Gasteiger partial charge in [-0.1, -0.05) is 24.6 Å². The molecule has 0 aliphatic carbocycles. The third-order valence-corrected chi connectivity index (χ3v) is 4.65. The molecule has 4 heteroatoms. The van der Waals surface area contributed by atoms with Crippen molar-refractivity contribution >= 4 is 0 Å². The summed E-state index contributed by atoms with van der Waals surface area (Å²) in [6.45, 7) is 3.24. The SMILES string of the molecule is c1ccc(-n2ccnc2CN2CC3CCCC(C2)N3)cc1. The predicted molar refractivity (Wildman–Crippen MR) is 83.4 cm³/mol. The summed E-state index contributed by atoms with van der Waals surface area (Å²) in [4.78, 5) is 7.14. The smallest absolute Gasteiger partial charge is 0.127 e. The van der Waals surface area contributed by atoms with Crippen molar-refractivity contribution in [1.29, 1.82) is 0 Å². The highest BCUT2D eigenvalue weighted by molar-refractivity contribution is 5.32. The number of piperidine rings is 1. The average molecular weight is 282 g/mol. The molecule has 0 amide bonds. The topological polar surface area (TPSA) is 33.1 Å². The minimum atomic E-state index is 0.678. The first-order valence-electron chi connectivity index (χ1n) is 7.94. The lowest BCUT2D eigenvalue weighted by atomic mass is 9.94. The number of imidazole rings is 1. The maximum atomic E-state index is 4.58. The minimum Gasteiger partial charge on any atom is -0.309 e. The Morgan fingerprint density at radius 2 is 1.86 bits per heavy atom. The lowest BCUT2D eigenvalue weighted by Crippen LogP contribution is -2.58. The number of likely N-dealkylation sites (tertiary alicyclic amines) is 1. The molecule has 2 bridgehead atoms. The molecule has 2 aliphatic rings. The fourth-order valence-electron chi connectivity index (χ4n) is 3.70. The molecule has 21 heavy (non-hydrogen) atoms. The fourth-order valence-corrected chi connectivity index (χ4v) is 3.70. The first-order valence-corrected chi connectivity index (χ1v) is 7.94. The summed E-state index contributed by atoms with van der Waals surface area (Å²) in [6.07, 6.45) is 7.99. The number of hydrogen-bond acceptors (Lipinski definition) is 3. The van der Waals surface area contributed by atoms with Crippen LogP contribution in [-0.4, -0.2) is 39.6 Å². The van der Waals surface area contributed by atoms with E-state index in [1.54, 1.807) is 0 Å². The van der Waals surface area contributed by atoms with Crippen molar-refractivity contribution in [2.75, 3.05) is 13.1 Å². The number of piperazine rings is 1. The molecule has 2 atom stereocenters. The highest BCUT2D eigenvalue weighted by Crippen LogP contribution is 2.21. The Hall–Kier alpha value is -1.65. The number of benzene rings is 1. The van der Waals surface area contributed by atoms with Crippen molar-refractivity contribution in [2.24, 2.45) is 0 Å². The number of aromatic nitrogens is 2. The van der Waals surface area contributed by atoms with Gasteiger partial charge in [-0.15, -0.1) is 0 Å². The van der Waals surface area contributed by atoms with E-state index in [4.69, 9.17) is 0 Å². The summed E-state index contributed by atoms with van der Waals surface area (Å²) >= 11 is 0. The van der Waals surface area contributed by atoms with Crippen molar-refractivity contribution in [2.45, 2.75) is 37.9 Å². The summed E-state index contributed by atoms with van der Waals surface area (Å²) in [5.74, 6) is 1.14. The van der Waals surface area contributed by atoms with E-state index in [1.165, 1.54) is 24.9 Å². The van der Waals surface area contributed by atoms with Gasteiger partial charge in [0.25, 0.3) is 0 Å². The second-order valence-corrected chi connectivity index (χ2v) is 6.23. The Balaban J connectivity index is 1.52. The Bertz CT molecular complexity index is 580. The Kier molecular flexibility index (Phi) is 3.49. The molecule has 0 spiro atoms. The number of para-hydroxylation sites is 1. The van der Waals surface area contributed by atoms with E-state index >= 15 is 0 Å². The van der Waals surface area contributed by atoms with Gasteiger partial charge in [-0.3, -0.25) is 4.90 Å². The van der Waals surface area contributed by atoms with Gasteiger partial charge in [-0.25, -0.2) is 4.98 Å². The molecule has 1 N–H and O–H groups in total. The Labute approximate surface area is 125 Å². The van der Waals surface area contributed by atoms with Gasteiger partial charge in [0.1, 0.15) is 5.82 Å². The summed E-state index contributed by atoms with van der Waals surface area (Å²) in [5.41, 5.74) is 1.19. The third-order valence-electron chi connectivity index (χ3n) is 4.65. The summed E-state index contributed by atoms with van der Waals surface area (Å²) < 4.78 is 2.21. The van der Waals surface area contributed by atoms with Crippen LogP contribution in [0.5, 0.6) is 0 Å². The maximum Gasteiger partial charge on any atom is 0.127 e. The van der Waals surface area contributed by atoms with Crippen molar-refractivity contribution < 1.29 is 0 Å². The molecule has 3 heterocycles. The van der Waals surface area contributed by atoms with E-state index in [1.807, 2.05) is 6.20 Å². The zero-order valence-corrected chi connectivity index (χ0v) is 12.3. The van der Waals surface area contributed by atoms with Crippen molar-refractivity contribution in [3.05, 3.63) is 48.5 Å². The second kappa shape index (κ2) is 5.62. The normalized spacial score (nSPS) is 25.9. The quantitative estimate of drug-likeness (QED) is 0.937. The monoisotopic (exact) mass is 282 g/mol. The van der Waals surface area contributed by atoms with Crippen LogP contribution in [0.1, 0.15) is 25.1 Å². The lowest BCUT2D eigenvalue weighted by Gasteiger charge is -2.42. The molecule has 4 rings (SSSR count). The molecule has 2 aliphatic heterocycles. The van der Waals surface area contributed by atoms with Gasteiger partial charge < -0.3 is 9.88 Å². The predicted octanol–water partition coefficient (Wildman–Crippen LogP) is 2.20. The van der Waals surface area contributed by atoms with E-state index < -0.39 is 0 Å². The molecular formula is C17H22N4. The van der Waals surface area contributed by atoms with Crippen LogP contribution in [0, 0.1) is 0 Å². The van der Waals surface area contributed by atoms with Gasteiger partial charge >= 0.3 is 0 Å². The van der Waals surface area contributed by atoms with E-state index in [-0.39, 0.29) is 0 Å². The highest BCUT2D eigenvalue weighted by Gasteiger charge is 2.30. The van der Waals surface area contributed by atoms with E-state index in [0.717, 1.165) is 25.5 Å². The molecule has 4 nitrogen and oxygen atoms in total. The van der Waals surface area contributed by atoms with Gasteiger partial charge in [0.15, 0.2) is 0 Å². The summed E-state index contributed by atoms with van der Waals surface area (Å²) in [5, 5.41) is 3.74. The fraction of sp³-hybridized carbons (Fsp3) is 0.471. The second-order valence-electron chi connectivity index (χ2n) is 6.23. The van der Waals surface area contributed by atoms with Crippen LogP contribution in [0.4, 0.5) is 0 Å². The summed E-state index contributed by atoms with van der Waals surface area (Å²) in [6, 6.07) is 11.8. The molecule has 1 aromatic heterocycles. The molecule has 2 fully saturated rings. The number of fused-ring (bicyclic) bond motifs is 2. The molecule has 2 unspecified atom stereocenters. The number of nitrogens with one attached hydrogen (secondary N) is 1. The highest BCUT2D eigenvalue weighted by atomic mass is 15.2. The van der Waals surface area contributed by atoms with Crippen LogP contribution in [0.2, 0.25) is 0 Å². The first-order chi connectivity index (χ1) is 10.4. The van der Waals surface area contributed by atoms with Gasteiger partial charge in [0.05, 0.1) is 6.54 Å². The third kappa shape index (κ3) is 2.74. The van der Waals surface area contributed by atoms with Gasteiger partial charge in [0.2, 0.25) is 0 Å². The standard InChI is InChI=1S/C17H22N4/c1-2-7-16(8-3-1)21-10-9-18-17(21)13-20-11-14-5-4-6-15(12-20)19-14/h1-3,7-10,14-15,19H,4-6,11-13H2. The maximum absolute atomic E-state index is 4.58. The minimum absolute atomic E-state index is 0.678. The van der Waals surface area contributed by atoms with Crippen molar-refractivity contribution in [3.63, 3.8) is 0 Å². The molecule has 2 saturated heterocycles. The number of rotatable bonds is 3. The van der Waals surface area contributed by atoms with Crippen LogP contribution in [0.15, 0.2) is 42.7 Å². The number of nitrogens with zero attached hydrogens (tertiary/aromatic N) is 3. The van der Waals surface area contributed by atoms with Crippen LogP contribution in [-0.2, 0) is 6.54 Å². The molecule has 2 aromatic rings. The largest absolute Gasteiger partial charge is 0.309 e. The molecule has 0 saturated carbocycles. The molecule has 1 aromatic carbocycles. The van der Waals surface area contributed by atoms with Crippen molar-refractivity contribution in [1.82, 2.24) is 19.8 Å².